The van der Waals surface area contributed by atoms with Gasteiger partial charge in [-0.05, 0) is 66.1 Å². The van der Waals surface area contributed by atoms with E-state index < -0.39 is 5.91 Å². The first-order chi connectivity index (χ1) is 16.6. The molecule has 0 saturated heterocycles. The molecule has 0 aromatic heterocycles. The molecule has 2 N–H and O–H groups in total. The van der Waals surface area contributed by atoms with Crippen molar-refractivity contribution in [3.05, 3.63) is 95.6 Å². The fraction of sp³-hybridized carbons (Fsp3) is 0.222. The van der Waals surface area contributed by atoms with Gasteiger partial charge in [-0.25, -0.2) is 5.43 Å². The number of benzene rings is 3. The van der Waals surface area contributed by atoms with Gasteiger partial charge in [0.2, 0.25) is 0 Å². The van der Waals surface area contributed by atoms with E-state index in [0.717, 1.165) is 29.7 Å². The quantitative estimate of drug-likeness (QED) is 0.240. The summed E-state index contributed by atoms with van der Waals surface area (Å²) in [4.78, 5) is 24.2. The monoisotopic (exact) mass is 459 g/mol. The SMILES string of the molecule is CCCCOc1ccc(C(=O)NCC(=O)NN=Cc2ccc(OCc3ccccc3)cc2)cc1. The summed E-state index contributed by atoms with van der Waals surface area (Å²) in [6.45, 7) is 3.05. The summed E-state index contributed by atoms with van der Waals surface area (Å²) >= 11 is 0. The van der Waals surface area contributed by atoms with Crippen molar-refractivity contribution >= 4 is 18.0 Å². The largest absolute Gasteiger partial charge is 0.494 e. The lowest BCUT2D eigenvalue weighted by Crippen LogP contribution is -2.34. The molecule has 3 aromatic carbocycles. The first-order valence-electron chi connectivity index (χ1n) is 11.2. The number of hydrazone groups is 1. The second-order valence-electron chi connectivity index (χ2n) is 7.55. The Hall–Kier alpha value is -4.13. The molecular weight excluding hydrogens is 430 g/mol. The zero-order chi connectivity index (χ0) is 24.0. The van der Waals surface area contributed by atoms with Gasteiger partial charge in [-0.2, -0.15) is 5.10 Å². The van der Waals surface area contributed by atoms with Crippen molar-refractivity contribution in [3.63, 3.8) is 0 Å². The highest BCUT2D eigenvalue weighted by Crippen LogP contribution is 2.14. The average molecular weight is 460 g/mol. The van der Waals surface area contributed by atoms with Gasteiger partial charge in [0.1, 0.15) is 18.1 Å². The molecule has 0 fully saturated rings. The Bertz CT molecular complexity index is 1070. The van der Waals surface area contributed by atoms with Crippen LogP contribution in [0.3, 0.4) is 0 Å². The predicted molar refractivity (Wildman–Crippen MR) is 132 cm³/mol. The molecule has 0 aliphatic carbocycles. The number of carbonyl (C=O) groups is 2. The third kappa shape index (κ3) is 8.43. The van der Waals surface area contributed by atoms with Gasteiger partial charge in [-0.1, -0.05) is 43.7 Å². The van der Waals surface area contributed by atoms with E-state index in [0.29, 0.717) is 24.5 Å². The van der Waals surface area contributed by atoms with Gasteiger partial charge in [-0.15, -0.1) is 0 Å². The number of rotatable bonds is 12. The molecular formula is C27H29N3O4. The van der Waals surface area contributed by atoms with E-state index in [2.05, 4.69) is 22.8 Å². The van der Waals surface area contributed by atoms with Crippen LogP contribution in [-0.2, 0) is 11.4 Å². The Balaban J connectivity index is 1.37. The van der Waals surface area contributed by atoms with Gasteiger partial charge in [0.15, 0.2) is 0 Å². The maximum Gasteiger partial charge on any atom is 0.259 e. The highest BCUT2D eigenvalue weighted by molar-refractivity contribution is 5.96. The normalized spacial score (nSPS) is 10.6. The lowest BCUT2D eigenvalue weighted by molar-refractivity contribution is -0.120. The van der Waals surface area contributed by atoms with E-state index >= 15 is 0 Å². The lowest BCUT2D eigenvalue weighted by atomic mass is 10.2. The smallest absolute Gasteiger partial charge is 0.259 e. The molecule has 0 aliphatic rings. The third-order valence-corrected chi connectivity index (χ3v) is 4.82. The van der Waals surface area contributed by atoms with Crippen LogP contribution >= 0.6 is 0 Å². The topological polar surface area (TPSA) is 89.0 Å². The Morgan fingerprint density at radius 2 is 1.56 bits per heavy atom. The number of amides is 2. The summed E-state index contributed by atoms with van der Waals surface area (Å²) in [6, 6.07) is 24.1. The summed E-state index contributed by atoms with van der Waals surface area (Å²) in [5, 5.41) is 6.50. The second-order valence-corrected chi connectivity index (χ2v) is 7.55. The maximum atomic E-state index is 12.2. The summed E-state index contributed by atoms with van der Waals surface area (Å²) in [5.41, 5.74) is 4.75. The summed E-state index contributed by atoms with van der Waals surface area (Å²) in [7, 11) is 0. The minimum atomic E-state index is -0.424. The first kappa shape index (κ1) is 24.5. The van der Waals surface area contributed by atoms with Crippen LogP contribution in [-0.4, -0.2) is 31.2 Å². The number of ether oxygens (including phenoxy) is 2. The molecule has 0 heterocycles. The summed E-state index contributed by atoms with van der Waals surface area (Å²) < 4.78 is 11.3. The third-order valence-electron chi connectivity index (χ3n) is 4.82. The van der Waals surface area contributed by atoms with Gasteiger partial charge in [0, 0.05) is 5.56 Å². The van der Waals surface area contributed by atoms with E-state index in [4.69, 9.17) is 9.47 Å². The fourth-order valence-corrected chi connectivity index (χ4v) is 2.91. The number of hydrogen-bond acceptors (Lipinski definition) is 5. The molecule has 0 saturated carbocycles. The molecule has 0 aliphatic heterocycles. The van der Waals surface area contributed by atoms with Crippen LogP contribution in [0.2, 0.25) is 0 Å². The van der Waals surface area contributed by atoms with E-state index in [1.165, 1.54) is 6.21 Å². The Morgan fingerprint density at radius 1 is 0.882 bits per heavy atom. The van der Waals surface area contributed by atoms with Crippen molar-refractivity contribution < 1.29 is 19.1 Å². The minimum Gasteiger partial charge on any atom is -0.494 e. The zero-order valence-electron chi connectivity index (χ0n) is 19.2. The number of carbonyl (C=O) groups excluding carboxylic acids is 2. The molecule has 0 spiro atoms. The van der Waals surface area contributed by atoms with E-state index in [1.807, 2.05) is 54.6 Å². The molecule has 3 aromatic rings. The lowest BCUT2D eigenvalue weighted by Gasteiger charge is -2.07. The van der Waals surface area contributed by atoms with Crippen molar-refractivity contribution in [2.75, 3.05) is 13.2 Å². The van der Waals surface area contributed by atoms with E-state index in [9.17, 15) is 9.59 Å². The predicted octanol–water partition coefficient (Wildman–Crippen LogP) is 4.32. The second kappa shape index (κ2) is 13.4. The molecule has 0 radical (unpaired) electrons. The van der Waals surface area contributed by atoms with Crippen LogP contribution in [0, 0.1) is 0 Å². The van der Waals surface area contributed by atoms with Crippen molar-refractivity contribution in [1.82, 2.24) is 10.7 Å². The van der Waals surface area contributed by atoms with Crippen molar-refractivity contribution in [1.29, 1.82) is 0 Å². The fourth-order valence-electron chi connectivity index (χ4n) is 2.91. The highest BCUT2D eigenvalue weighted by atomic mass is 16.5. The van der Waals surface area contributed by atoms with Crippen molar-refractivity contribution in [3.8, 4) is 11.5 Å². The van der Waals surface area contributed by atoms with Gasteiger partial charge in [0.25, 0.3) is 11.8 Å². The first-order valence-corrected chi connectivity index (χ1v) is 11.2. The number of unbranched alkanes of at least 4 members (excludes halogenated alkanes) is 1. The van der Waals surface area contributed by atoms with E-state index in [1.54, 1.807) is 24.3 Å². The molecule has 2 amide bonds. The Labute approximate surface area is 199 Å². The number of nitrogens with zero attached hydrogens (tertiary/aromatic N) is 1. The summed E-state index contributed by atoms with van der Waals surface area (Å²) in [5.74, 6) is 0.693. The zero-order valence-corrected chi connectivity index (χ0v) is 19.2. The number of hydrogen-bond donors (Lipinski definition) is 2. The summed E-state index contributed by atoms with van der Waals surface area (Å²) in [6.07, 6.45) is 3.56. The van der Waals surface area contributed by atoms with Crippen LogP contribution in [0.5, 0.6) is 11.5 Å². The van der Waals surface area contributed by atoms with Gasteiger partial charge in [0.05, 0.1) is 19.4 Å². The van der Waals surface area contributed by atoms with E-state index in [-0.39, 0.29) is 12.5 Å². The number of nitrogens with one attached hydrogen (secondary N) is 2. The van der Waals surface area contributed by atoms with Crippen molar-refractivity contribution in [2.24, 2.45) is 5.10 Å². The highest BCUT2D eigenvalue weighted by Gasteiger charge is 2.08. The standard InChI is InChI=1S/C27H29N3O4/c1-2-3-17-33-24-15-11-23(12-16-24)27(32)28-19-26(31)30-29-18-21-9-13-25(14-10-21)34-20-22-7-5-4-6-8-22/h4-16,18H,2-3,17,19-20H2,1H3,(H,28,32)(H,30,31). The molecule has 0 bridgehead atoms. The minimum absolute atomic E-state index is 0.183. The molecule has 34 heavy (non-hydrogen) atoms. The van der Waals surface area contributed by atoms with Crippen LogP contribution < -0.4 is 20.2 Å². The van der Waals surface area contributed by atoms with Gasteiger partial charge >= 0.3 is 0 Å². The van der Waals surface area contributed by atoms with Crippen LogP contribution in [0.25, 0.3) is 0 Å². The molecule has 0 unspecified atom stereocenters. The van der Waals surface area contributed by atoms with Gasteiger partial charge < -0.3 is 14.8 Å². The molecule has 7 heteroatoms. The Morgan fingerprint density at radius 3 is 2.26 bits per heavy atom. The average Bonchev–Trinajstić information content (AvgIpc) is 2.88. The Kier molecular flexibility index (Phi) is 9.68. The molecule has 176 valence electrons. The molecule has 0 atom stereocenters. The van der Waals surface area contributed by atoms with Gasteiger partial charge in [-0.3, -0.25) is 9.59 Å². The van der Waals surface area contributed by atoms with Crippen LogP contribution in [0.15, 0.2) is 84.0 Å². The van der Waals surface area contributed by atoms with Crippen LogP contribution in [0.1, 0.15) is 41.3 Å². The van der Waals surface area contributed by atoms with Crippen LogP contribution in [0.4, 0.5) is 0 Å². The molecule has 7 nitrogen and oxygen atoms in total. The van der Waals surface area contributed by atoms with Crippen molar-refractivity contribution in [2.45, 2.75) is 26.4 Å². The maximum absolute atomic E-state index is 12.2. The molecule has 3 rings (SSSR count).